The summed E-state index contributed by atoms with van der Waals surface area (Å²) in [5, 5.41) is 10.5. The van der Waals surface area contributed by atoms with Gasteiger partial charge < -0.3 is 10.2 Å². The van der Waals surface area contributed by atoms with E-state index in [0.29, 0.717) is 29.9 Å². The second kappa shape index (κ2) is 9.32. The Kier molecular flexibility index (Phi) is 6.59. The van der Waals surface area contributed by atoms with Crippen LogP contribution in [0.5, 0.6) is 0 Å². The lowest BCUT2D eigenvalue weighted by atomic mass is 10.1. The lowest BCUT2D eigenvalue weighted by Gasteiger charge is -2.20. The predicted octanol–water partition coefficient (Wildman–Crippen LogP) is 5.27. The van der Waals surface area contributed by atoms with Crippen molar-refractivity contribution >= 4 is 23.5 Å². The highest BCUT2D eigenvalue weighted by atomic mass is 19.1. The Hall–Kier alpha value is -3.22. The van der Waals surface area contributed by atoms with E-state index in [-0.39, 0.29) is 5.82 Å². The van der Waals surface area contributed by atoms with Gasteiger partial charge in [-0.2, -0.15) is 5.10 Å². The molecule has 2 heterocycles. The summed E-state index contributed by atoms with van der Waals surface area (Å²) in [5.74, 6) is 2.12. The van der Waals surface area contributed by atoms with Crippen molar-refractivity contribution in [3.05, 3.63) is 65.4 Å². The number of rotatable bonds is 8. The van der Waals surface area contributed by atoms with Gasteiger partial charge in [-0.15, -0.1) is 0 Å². The number of nitrogens with one attached hydrogen (secondary N) is 2. The normalized spacial score (nSPS) is 11.4. The van der Waals surface area contributed by atoms with Crippen LogP contribution < -0.4 is 10.2 Å². The molecule has 0 fully saturated rings. The Morgan fingerprint density at radius 1 is 1.24 bits per heavy atom. The first-order chi connectivity index (χ1) is 14.0. The molecule has 152 valence electrons. The van der Waals surface area contributed by atoms with E-state index >= 15 is 0 Å². The Morgan fingerprint density at radius 2 is 2.07 bits per heavy atom. The SMILES string of the molecule is CC/C=C/c1ncc(Nc2cc(C(C)C)[nH]n2)nc1N(C)Cc1cccc(F)c1. The standard InChI is InChI=1S/C22H27FN6/c1-5-6-10-18-22(29(4)14-16-8-7-9-17(23)11-16)26-21(13-24-18)25-20-12-19(15(2)3)27-28-20/h6-13,15H,5,14H2,1-4H3,(H2,25,26,27,28)/b10-6+. The number of aromatic amines is 1. The number of halogens is 1. The van der Waals surface area contributed by atoms with Crippen molar-refractivity contribution in [2.75, 3.05) is 17.3 Å². The molecular weight excluding hydrogens is 367 g/mol. The number of hydrogen-bond acceptors (Lipinski definition) is 5. The minimum atomic E-state index is -0.247. The largest absolute Gasteiger partial charge is 0.353 e. The molecule has 0 atom stereocenters. The maximum atomic E-state index is 13.6. The van der Waals surface area contributed by atoms with E-state index in [1.165, 1.54) is 12.1 Å². The lowest BCUT2D eigenvalue weighted by molar-refractivity contribution is 0.625. The van der Waals surface area contributed by atoms with Gasteiger partial charge >= 0.3 is 0 Å². The highest BCUT2D eigenvalue weighted by molar-refractivity contribution is 5.64. The molecule has 0 aliphatic carbocycles. The van der Waals surface area contributed by atoms with Crippen LogP contribution in [0.2, 0.25) is 0 Å². The summed E-state index contributed by atoms with van der Waals surface area (Å²) >= 11 is 0. The first-order valence-electron chi connectivity index (χ1n) is 9.77. The fraction of sp³-hybridized carbons (Fsp3) is 0.318. The maximum absolute atomic E-state index is 13.6. The Balaban J connectivity index is 1.87. The van der Waals surface area contributed by atoms with Gasteiger partial charge in [0.05, 0.1) is 6.20 Å². The number of nitrogens with zero attached hydrogens (tertiary/aromatic N) is 4. The number of hydrogen-bond donors (Lipinski definition) is 2. The summed E-state index contributed by atoms with van der Waals surface area (Å²) in [7, 11) is 1.92. The van der Waals surface area contributed by atoms with Crippen molar-refractivity contribution in [2.24, 2.45) is 0 Å². The van der Waals surface area contributed by atoms with Gasteiger partial charge in [-0.1, -0.05) is 39.0 Å². The van der Waals surface area contributed by atoms with Crippen molar-refractivity contribution in [2.45, 2.75) is 39.7 Å². The fourth-order valence-electron chi connectivity index (χ4n) is 2.89. The summed E-state index contributed by atoms with van der Waals surface area (Å²) in [6, 6.07) is 8.55. The van der Waals surface area contributed by atoms with Crippen LogP contribution in [-0.2, 0) is 6.54 Å². The molecule has 0 saturated carbocycles. The van der Waals surface area contributed by atoms with Gasteiger partial charge in [0.15, 0.2) is 17.5 Å². The van der Waals surface area contributed by atoms with Crippen LogP contribution >= 0.6 is 0 Å². The first kappa shape index (κ1) is 20.5. The van der Waals surface area contributed by atoms with Gasteiger partial charge in [-0.05, 0) is 36.1 Å². The highest BCUT2D eigenvalue weighted by Crippen LogP contribution is 2.23. The number of anilines is 3. The van der Waals surface area contributed by atoms with Gasteiger partial charge in [-0.25, -0.2) is 14.4 Å². The molecule has 0 amide bonds. The van der Waals surface area contributed by atoms with Crippen LogP contribution in [0.15, 0.2) is 42.6 Å². The molecule has 2 aromatic heterocycles. The molecule has 0 aliphatic heterocycles. The maximum Gasteiger partial charge on any atom is 0.157 e. The summed E-state index contributed by atoms with van der Waals surface area (Å²) in [6.07, 6.45) is 6.59. The minimum absolute atomic E-state index is 0.247. The van der Waals surface area contributed by atoms with Gasteiger partial charge in [0.1, 0.15) is 11.5 Å². The molecule has 2 N–H and O–H groups in total. The molecule has 0 unspecified atom stereocenters. The lowest BCUT2D eigenvalue weighted by Crippen LogP contribution is -2.20. The van der Waals surface area contributed by atoms with E-state index in [4.69, 9.17) is 4.98 Å². The molecule has 0 aliphatic rings. The third kappa shape index (κ3) is 5.40. The van der Waals surface area contributed by atoms with E-state index in [2.05, 4.69) is 41.3 Å². The third-order valence-electron chi connectivity index (χ3n) is 4.44. The van der Waals surface area contributed by atoms with Gasteiger partial charge in [0, 0.05) is 25.4 Å². The third-order valence-corrected chi connectivity index (χ3v) is 4.44. The quantitative estimate of drug-likeness (QED) is 0.545. The molecule has 0 spiro atoms. The van der Waals surface area contributed by atoms with E-state index in [9.17, 15) is 4.39 Å². The van der Waals surface area contributed by atoms with Crippen LogP contribution in [0.25, 0.3) is 6.08 Å². The van der Waals surface area contributed by atoms with Crippen molar-refractivity contribution in [1.29, 1.82) is 0 Å². The monoisotopic (exact) mass is 394 g/mol. The van der Waals surface area contributed by atoms with E-state index in [0.717, 1.165) is 23.4 Å². The van der Waals surface area contributed by atoms with E-state index in [1.54, 1.807) is 12.3 Å². The van der Waals surface area contributed by atoms with Crippen LogP contribution in [0.1, 0.15) is 50.1 Å². The van der Waals surface area contributed by atoms with Crippen molar-refractivity contribution < 1.29 is 4.39 Å². The fourth-order valence-corrected chi connectivity index (χ4v) is 2.89. The Morgan fingerprint density at radius 3 is 2.76 bits per heavy atom. The molecule has 0 radical (unpaired) electrons. The second-order valence-corrected chi connectivity index (χ2v) is 7.25. The number of H-pyrrole nitrogens is 1. The molecule has 3 rings (SSSR count). The molecule has 0 bridgehead atoms. The molecule has 0 saturated heterocycles. The molecule has 3 aromatic rings. The average Bonchev–Trinajstić information content (AvgIpc) is 3.16. The topological polar surface area (TPSA) is 69.7 Å². The van der Waals surface area contributed by atoms with Crippen molar-refractivity contribution in [1.82, 2.24) is 20.2 Å². The van der Waals surface area contributed by atoms with Crippen LogP contribution in [0, 0.1) is 5.82 Å². The Labute approximate surface area is 170 Å². The van der Waals surface area contributed by atoms with Gasteiger partial charge in [0.2, 0.25) is 0 Å². The van der Waals surface area contributed by atoms with Gasteiger partial charge in [0.25, 0.3) is 0 Å². The smallest absolute Gasteiger partial charge is 0.157 e. The molecule has 1 aromatic carbocycles. The molecule has 6 nitrogen and oxygen atoms in total. The summed E-state index contributed by atoms with van der Waals surface area (Å²) in [5.41, 5.74) is 2.68. The minimum Gasteiger partial charge on any atom is -0.353 e. The summed E-state index contributed by atoms with van der Waals surface area (Å²) in [4.78, 5) is 11.3. The predicted molar refractivity (Wildman–Crippen MR) is 116 cm³/mol. The van der Waals surface area contributed by atoms with E-state index in [1.807, 2.05) is 36.2 Å². The first-order valence-corrected chi connectivity index (χ1v) is 9.77. The zero-order valence-corrected chi connectivity index (χ0v) is 17.3. The zero-order valence-electron chi connectivity index (χ0n) is 17.3. The highest BCUT2D eigenvalue weighted by Gasteiger charge is 2.13. The second-order valence-electron chi connectivity index (χ2n) is 7.25. The number of benzene rings is 1. The molecular formula is C22H27FN6. The summed E-state index contributed by atoms with van der Waals surface area (Å²) in [6.45, 7) is 6.79. The number of allylic oxidation sites excluding steroid dienone is 1. The van der Waals surface area contributed by atoms with Crippen LogP contribution in [0.4, 0.5) is 21.8 Å². The van der Waals surface area contributed by atoms with Gasteiger partial charge in [-0.3, -0.25) is 5.10 Å². The summed E-state index contributed by atoms with van der Waals surface area (Å²) < 4.78 is 13.6. The zero-order chi connectivity index (χ0) is 20.8. The Bertz CT molecular complexity index is 979. The average molecular weight is 394 g/mol. The van der Waals surface area contributed by atoms with Crippen LogP contribution in [-0.4, -0.2) is 27.2 Å². The van der Waals surface area contributed by atoms with Crippen molar-refractivity contribution in [3.63, 3.8) is 0 Å². The van der Waals surface area contributed by atoms with E-state index < -0.39 is 0 Å². The molecule has 29 heavy (non-hydrogen) atoms. The van der Waals surface area contributed by atoms with Crippen molar-refractivity contribution in [3.8, 4) is 0 Å². The number of aromatic nitrogens is 4. The van der Waals surface area contributed by atoms with Crippen LogP contribution in [0.3, 0.4) is 0 Å². The molecule has 7 heteroatoms.